The highest BCUT2D eigenvalue weighted by Gasteiger charge is 2.44. The fraction of sp³-hybridized carbons (Fsp3) is 0.474. The molecule has 9 heteroatoms. The van der Waals surface area contributed by atoms with E-state index in [4.69, 9.17) is 9.47 Å². The van der Waals surface area contributed by atoms with E-state index in [0.717, 1.165) is 5.69 Å². The summed E-state index contributed by atoms with van der Waals surface area (Å²) in [4.78, 5) is 16.5. The number of aromatic amines is 1. The van der Waals surface area contributed by atoms with Crippen LogP contribution in [0, 0.1) is 24.1 Å². The van der Waals surface area contributed by atoms with Gasteiger partial charge in [0.05, 0.1) is 18.4 Å². The van der Waals surface area contributed by atoms with Crippen LogP contribution >= 0.6 is 0 Å². The Balaban J connectivity index is 1.86. The van der Waals surface area contributed by atoms with Gasteiger partial charge in [0.1, 0.15) is 6.07 Å². The number of methoxy groups -OCH3 is 2. The summed E-state index contributed by atoms with van der Waals surface area (Å²) in [5.74, 6) is -0.677. The molecular formula is C19H22FN5O3. The highest BCUT2D eigenvalue weighted by Crippen LogP contribution is 2.41. The molecule has 8 nitrogen and oxygen atoms in total. The van der Waals surface area contributed by atoms with E-state index in [9.17, 15) is 14.4 Å². The van der Waals surface area contributed by atoms with Gasteiger partial charge in [0.2, 0.25) is 0 Å². The minimum Gasteiger partial charge on any atom is -0.467 e. The molecule has 0 bridgehead atoms. The van der Waals surface area contributed by atoms with Crippen molar-refractivity contribution in [1.29, 1.82) is 5.26 Å². The van der Waals surface area contributed by atoms with Gasteiger partial charge >= 0.3 is 5.97 Å². The van der Waals surface area contributed by atoms with E-state index in [-0.39, 0.29) is 17.3 Å². The maximum Gasteiger partial charge on any atom is 0.338 e. The summed E-state index contributed by atoms with van der Waals surface area (Å²) in [6.07, 6.45) is 2.01. The monoisotopic (exact) mass is 387 g/mol. The summed E-state index contributed by atoms with van der Waals surface area (Å²) in [5.41, 5.74) is 0.538. The predicted octanol–water partition coefficient (Wildman–Crippen LogP) is 3.08. The lowest BCUT2D eigenvalue weighted by atomic mass is 9.76. The fourth-order valence-corrected chi connectivity index (χ4v) is 3.63. The summed E-state index contributed by atoms with van der Waals surface area (Å²) in [7, 11) is 2.82. The van der Waals surface area contributed by atoms with E-state index in [0.29, 0.717) is 37.2 Å². The SMILES string of the molecule is COC(=O)C1(OC)CCC(c2nc(Nc3cc(C)[nH]n3)c(F)cc2C#N)CC1. The van der Waals surface area contributed by atoms with E-state index in [1.807, 2.05) is 13.0 Å². The molecule has 2 N–H and O–H groups in total. The molecule has 0 aromatic carbocycles. The Morgan fingerprint density at radius 1 is 1.39 bits per heavy atom. The van der Waals surface area contributed by atoms with Gasteiger partial charge in [0.15, 0.2) is 23.1 Å². The van der Waals surface area contributed by atoms with Gasteiger partial charge in [-0.25, -0.2) is 14.2 Å². The number of hydrogen-bond acceptors (Lipinski definition) is 7. The first-order chi connectivity index (χ1) is 13.4. The summed E-state index contributed by atoms with van der Waals surface area (Å²) < 4.78 is 24.7. The van der Waals surface area contributed by atoms with Crippen molar-refractivity contribution < 1.29 is 18.7 Å². The topological polar surface area (TPSA) is 113 Å². The van der Waals surface area contributed by atoms with Crippen LogP contribution < -0.4 is 5.32 Å². The molecule has 0 spiro atoms. The number of nitrogens with one attached hydrogen (secondary N) is 2. The second kappa shape index (κ2) is 7.94. The van der Waals surface area contributed by atoms with Gasteiger partial charge in [-0.1, -0.05) is 0 Å². The number of anilines is 2. The number of carbonyl (C=O) groups is 1. The van der Waals surface area contributed by atoms with Gasteiger partial charge in [-0.2, -0.15) is 10.4 Å². The molecule has 2 heterocycles. The number of halogens is 1. The van der Waals surface area contributed by atoms with Crippen LogP contribution in [-0.2, 0) is 14.3 Å². The number of aromatic nitrogens is 3. The molecule has 0 unspecified atom stereocenters. The Morgan fingerprint density at radius 2 is 2.11 bits per heavy atom. The molecule has 0 saturated heterocycles. The molecule has 2 aromatic heterocycles. The number of pyridine rings is 1. The van der Waals surface area contributed by atoms with Crippen LogP contribution in [0.3, 0.4) is 0 Å². The van der Waals surface area contributed by atoms with E-state index in [1.165, 1.54) is 20.3 Å². The zero-order valence-corrected chi connectivity index (χ0v) is 16.0. The maximum atomic E-state index is 14.4. The number of H-pyrrole nitrogens is 1. The van der Waals surface area contributed by atoms with Crippen molar-refractivity contribution >= 4 is 17.6 Å². The maximum absolute atomic E-state index is 14.4. The molecule has 1 fully saturated rings. The first-order valence-electron chi connectivity index (χ1n) is 8.95. The molecule has 1 aliphatic carbocycles. The zero-order valence-electron chi connectivity index (χ0n) is 16.0. The summed E-state index contributed by atoms with van der Waals surface area (Å²) in [5, 5.41) is 19.1. The number of hydrogen-bond donors (Lipinski definition) is 2. The largest absolute Gasteiger partial charge is 0.467 e. The van der Waals surface area contributed by atoms with Crippen LogP contribution in [0.2, 0.25) is 0 Å². The number of nitriles is 1. The number of nitrogens with zero attached hydrogens (tertiary/aromatic N) is 3. The third-order valence-corrected chi connectivity index (χ3v) is 5.21. The van der Waals surface area contributed by atoms with Crippen LogP contribution in [0.1, 0.15) is 48.6 Å². The molecule has 0 amide bonds. The lowest BCUT2D eigenvalue weighted by Crippen LogP contribution is -2.44. The van der Waals surface area contributed by atoms with Crippen molar-refractivity contribution in [2.24, 2.45) is 0 Å². The number of rotatable bonds is 5. The minimum atomic E-state index is -0.980. The molecular weight excluding hydrogens is 365 g/mol. The van der Waals surface area contributed by atoms with E-state index < -0.39 is 17.4 Å². The summed E-state index contributed by atoms with van der Waals surface area (Å²) in [6.45, 7) is 1.83. The molecule has 0 radical (unpaired) electrons. The van der Waals surface area contributed by atoms with Gasteiger partial charge in [0, 0.05) is 24.8 Å². The van der Waals surface area contributed by atoms with Crippen molar-refractivity contribution in [1.82, 2.24) is 15.2 Å². The van der Waals surface area contributed by atoms with Gasteiger partial charge in [-0.05, 0) is 38.7 Å². The predicted molar refractivity (Wildman–Crippen MR) is 98.5 cm³/mol. The first kappa shape index (κ1) is 19.8. The normalized spacial score (nSPS) is 21.8. The summed E-state index contributed by atoms with van der Waals surface area (Å²) in [6, 6.07) is 4.93. The van der Waals surface area contributed by atoms with Gasteiger partial charge in [-0.15, -0.1) is 0 Å². The standard InChI is InChI=1S/C19H22FN5O3/c1-11-8-15(25-24-11)22-17-14(20)9-13(10-21)16(23-17)12-4-6-19(28-3,7-5-12)18(26)27-2/h8-9,12H,4-7H2,1-3H3,(H2,22,23,24,25). The Kier molecular flexibility index (Phi) is 5.61. The highest BCUT2D eigenvalue weighted by molar-refractivity contribution is 5.79. The molecule has 3 rings (SSSR count). The Labute approximate surface area is 162 Å². The van der Waals surface area contributed by atoms with E-state index in [1.54, 1.807) is 6.07 Å². The van der Waals surface area contributed by atoms with Crippen molar-refractivity contribution in [2.75, 3.05) is 19.5 Å². The number of carbonyl (C=O) groups excluding carboxylic acids is 1. The smallest absolute Gasteiger partial charge is 0.338 e. The van der Waals surface area contributed by atoms with Gasteiger partial charge in [0.25, 0.3) is 0 Å². The van der Waals surface area contributed by atoms with E-state index >= 15 is 0 Å². The Morgan fingerprint density at radius 3 is 2.64 bits per heavy atom. The first-order valence-corrected chi connectivity index (χ1v) is 8.95. The average molecular weight is 387 g/mol. The second-order valence-corrected chi connectivity index (χ2v) is 6.89. The van der Waals surface area contributed by atoms with Crippen LogP contribution in [0.25, 0.3) is 0 Å². The lowest BCUT2D eigenvalue weighted by molar-refractivity contribution is -0.170. The minimum absolute atomic E-state index is 0.0112. The van der Waals surface area contributed by atoms with Crippen molar-refractivity contribution in [3.63, 3.8) is 0 Å². The molecule has 28 heavy (non-hydrogen) atoms. The number of esters is 1. The molecule has 1 saturated carbocycles. The molecule has 0 atom stereocenters. The van der Waals surface area contributed by atoms with Crippen LogP contribution in [-0.4, -0.2) is 41.0 Å². The quantitative estimate of drug-likeness (QED) is 0.758. The van der Waals surface area contributed by atoms with E-state index in [2.05, 4.69) is 20.5 Å². The Bertz CT molecular complexity index is 913. The Hall–Kier alpha value is -2.99. The number of ether oxygens (including phenoxy) is 2. The molecule has 148 valence electrons. The lowest BCUT2D eigenvalue weighted by Gasteiger charge is -2.36. The van der Waals surface area contributed by atoms with Crippen molar-refractivity contribution in [3.8, 4) is 6.07 Å². The van der Waals surface area contributed by atoms with Crippen LogP contribution in [0.4, 0.5) is 16.0 Å². The van der Waals surface area contributed by atoms with Crippen LogP contribution in [0.5, 0.6) is 0 Å². The zero-order chi connectivity index (χ0) is 20.3. The second-order valence-electron chi connectivity index (χ2n) is 6.89. The van der Waals surface area contributed by atoms with Gasteiger partial charge < -0.3 is 14.8 Å². The highest BCUT2D eigenvalue weighted by atomic mass is 19.1. The molecule has 0 aliphatic heterocycles. The van der Waals surface area contributed by atoms with Crippen molar-refractivity contribution in [2.45, 2.75) is 44.1 Å². The fourth-order valence-electron chi connectivity index (χ4n) is 3.63. The number of aryl methyl sites for hydroxylation is 1. The van der Waals surface area contributed by atoms with Crippen molar-refractivity contribution in [3.05, 3.63) is 34.9 Å². The third kappa shape index (κ3) is 3.68. The average Bonchev–Trinajstić information content (AvgIpc) is 3.13. The van der Waals surface area contributed by atoms with Gasteiger partial charge in [-0.3, -0.25) is 5.10 Å². The van der Waals surface area contributed by atoms with Crippen LogP contribution in [0.15, 0.2) is 12.1 Å². The third-order valence-electron chi connectivity index (χ3n) is 5.21. The molecule has 2 aromatic rings. The summed E-state index contributed by atoms with van der Waals surface area (Å²) >= 11 is 0. The molecule has 1 aliphatic rings.